The molecular formula is C10H21N3O2S. The summed E-state index contributed by atoms with van der Waals surface area (Å²) >= 11 is 0. The predicted octanol–water partition coefficient (Wildman–Crippen LogP) is 0.126. The minimum Gasteiger partial charge on any atom is -0.370 e. The number of hydrogen-bond acceptors (Lipinski definition) is 3. The molecule has 16 heavy (non-hydrogen) atoms. The molecule has 5 nitrogen and oxygen atoms in total. The summed E-state index contributed by atoms with van der Waals surface area (Å²) in [4.78, 5) is 4.20. The highest BCUT2D eigenvalue weighted by atomic mass is 32.2. The maximum atomic E-state index is 11.2. The van der Waals surface area contributed by atoms with Crippen LogP contribution in [0.4, 0.5) is 0 Å². The molecule has 1 rings (SSSR count). The van der Waals surface area contributed by atoms with Gasteiger partial charge < -0.3 is 11.1 Å². The van der Waals surface area contributed by atoms with Gasteiger partial charge >= 0.3 is 0 Å². The van der Waals surface area contributed by atoms with Gasteiger partial charge in [0.15, 0.2) is 5.96 Å². The Morgan fingerprint density at radius 2 is 2.12 bits per heavy atom. The summed E-state index contributed by atoms with van der Waals surface area (Å²) < 4.78 is 22.4. The summed E-state index contributed by atoms with van der Waals surface area (Å²) in [5.41, 5.74) is 5.52. The third-order valence-electron chi connectivity index (χ3n) is 2.67. The molecule has 1 fully saturated rings. The second kappa shape index (κ2) is 5.03. The van der Waals surface area contributed by atoms with Gasteiger partial charge in [-0.25, -0.2) is 8.42 Å². The van der Waals surface area contributed by atoms with Gasteiger partial charge in [-0.1, -0.05) is 6.92 Å². The largest absolute Gasteiger partial charge is 0.370 e. The van der Waals surface area contributed by atoms with Crippen molar-refractivity contribution in [3.05, 3.63) is 0 Å². The molecule has 0 amide bonds. The maximum absolute atomic E-state index is 11.2. The monoisotopic (exact) mass is 247 g/mol. The summed E-state index contributed by atoms with van der Waals surface area (Å²) in [7, 11) is -2.91. The van der Waals surface area contributed by atoms with E-state index in [0.29, 0.717) is 12.5 Å². The van der Waals surface area contributed by atoms with Crippen LogP contribution in [0.3, 0.4) is 0 Å². The Balaban J connectivity index is 2.42. The Bertz CT molecular complexity index is 358. The standard InChI is InChI=1S/C10H21N3O2S/c1-3-6-12-9(11)13-7-10(4-5-10)8-16(2,14)15/h3-8H2,1-2H3,(H3,11,12,13). The zero-order chi connectivity index (χ0) is 12.2. The zero-order valence-electron chi connectivity index (χ0n) is 9.99. The van der Waals surface area contributed by atoms with Crippen LogP contribution in [0.5, 0.6) is 0 Å². The Morgan fingerprint density at radius 3 is 2.56 bits per heavy atom. The second-order valence-corrected chi connectivity index (χ2v) is 6.84. The first-order chi connectivity index (χ1) is 7.37. The smallest absolute Gasteiger partial charge is 0.188 e. The minimum atomic E-state index is -2.91. The Kier molecular flexibility index (Phi) is 4.18. The quantitative estimate of drug-likeness (QED) is 0.516. The lowest BCUT2D eigenvalue weighted by molar-refractivity contribution is 0.551. The fourth-order valence-electron chi connectivity index (χ4n) is 1.64. The lowest BCUT2D eigenvalue weighted by Gasteiger charge is -2.11. The van der Waals surface area contributed by atoms with Gasteiger partial charge in [0.25, 0.3) is 0 Å². The van der Waals surface area contributed by atoms with Crippen molar-refractivity contribution in [3.8, 4) is 0 Å². The SMILES string of the molecule is CCCNC(N)=NCC1(CS(C)(=O)=O)CC1. The normalized spacial score (nSPS) is 19.5. The molecule has 0 saturated heterocycles. The molecule has 1 aliphatic rings. The molecule has 1 saturated carbocycles. The van der Waals surface area contributed by atoms with Crippen LogP contribution < -0.4 is 11.1 Å². The van der Waals surface area contributed by atoms with E-state index in [1.165, 1.54) is 6.26 Å². The van der Waals surface area contributed by atoms with Crippen molar-refractivity contribution in [1.29, 1.82) is 0 Å². The lowest BCUT2D eigenvalue weighted by Crippen LogP contribution is -2.33. The molecule has 0 atom stereocenters. The van der Waals surface area contributed by atoms with Crippen LogP contribution in [-0.4, -0.2) is 39.5 Å². The van der Waals surface area contributed by atoms with Crippen molar-refractivity contribution in [1.82, 2.24) is 5.32 Å². The third-order valence-corrected chi connectivity index (χ3v) is 3.80. The van der Waals surface area contributed by atoms with Crippen LogP contribution >= 0.6 is 0 Å². The summed E-state index contributed by atoms with van der Waals surface area (Å²) in [6.07, 6.45) is 4.13. The number of guanidine groups is 1. The van der Waals surface area contributed by atoms with Crippen LogP contribution in [0.15, 0.2) is 4.99 Å². The topological polar surface area (TPSA) is 84.5 Å². The van der Waals surface area contributed by atoms with Crippen LogP contribution in [0.2, 0.25) is 0 Å². The number of rotatable bonds is 6. The van der Waals surface area contributed by atoms with Gasteiger partial charge in [-0.2, -0.15) is 0 Å². The molecular weight excluding hydrogens is 226 g/mol. The van der Waals surface area contributed by atoms with E-state index in [2.05, 4.69) is 10.3 Å². The fourth-order valence-corrected chi connectivity index (χ4v) is 3.14. The first-order valence-corrected chi connectivity index (χ1v) is 7.64. The Morgan fingerprint density at radius 1 is 1.50 bits per heavy atom. The summed E-state index contributed by atoms with van der Waals surface area (Å²) in [5, 5.41) is 2.97. The average Bonchev–Trinajstić information content (AvgIpc) is 2.89. The van der Waals surface area contributed by atoms with Crippen molar-refractivity contribution >= 4 is 15.8 Å². The van der Waals surface area contributed by atoms with Crippen molar-refractivity contribution in [2.75, 3.05) is 25.1 Å². The molecule has 0 heterocycles. The van der Waals surface area contributed by atoms with E-state index in [9.17, 15) is 8.42 Å². The highest BCUT2D eigenvalue weighted by molar-refractivity contribution is 7.90. The van der Waals surface area contributed by atoms with Gasteiger partial charge in [0, 0.05) is 24.8 Å². The molecule has 0 radical (unpaired) electrons. The summed E-state index contributed by atoms with van der Waals surface area (Å²) in [6.45, 7) is 3.36. The van der Waals surface area contributed by atoms with Crippen molar-refractivity contribution in [2.45, 2.75) is 26.2 Å². The molecule has 1 aliphatic carbocycles. The third kappa shape index (κ3) is 4.83. The number of nitrogens with zero attached hydrogens (tertiary/aromatic N) is 1. The maximum Gasteiger partial charge on any atom is 0.188 e. The zero-order valence-corrected chi connectivity index (χ0v) is 10.8. The first-order valence-electron chi connectivity index (χ1n) is 5.58. The molecule has 94 valence electrons. The van der Waals surface area contributed by atoms with Crippen LogP contribution in [-0.2, 0) is 9.84 Å². The van der Waals surface area contributed by atoms with Crippen molar-refractivity contribution in [3.63, 3.8) is 0 Å². The molecule has 6 heteroatoms. The molecule has 0 bridgehead atoms. The number of hydrogen-bond donors (Lipinski definition) is 2. The molecule has 0 unspecified atom stereocenters. The van der Waals surface area contributed by atoms with E-state index in [4.69, 9.17) is 5.73 Å². The molecule has 0 aliphatic heterocycles. The lowest BCUT2D eigenvalue weighted by atomic mass is 10.1. The van der Waals surface area contributed by atoms with Gasteiger partial charge in [-0.05, 0) is 19.3 Å². The van der Waals surface area contributed by atoms with Gasteiger partial charge in [-0.3, -0.25) is 4.99 Å². The van der Waals surface area contributed by atoms with Gasteiger partial charge in [0.05, 0.1) is 5.75 Å². The molecule has 0 aromatic rings. The number of sulfone groups is 1. The van der Waals surface area contributed by atoms with Crippen LogP contribution in [0, 0.1) is 5.41 Å². The van der Waals surface area contributed by atoms with E-state index < -0.39 is 9.84 Å². The van der Waals surface area contributed by atoms with Crippen molar-refractivity contribution < 1.29 is 8.42 Å². The van der Waals surface area contributed by atoms with Crippen LogP contribution in [0.25, 0.3) is 0 Å². The highest BCUT2D eigenvalue weighted by Crippen LogP contribution is 2.46. The summed E-state index contributed by atoms with van der Waals surface area (Å²) in [6, 6.07) is 0. The Labute approximate surface area is 97.4 Å². The highest BCUT2D eigenvalue weighted by Gasteiger charge is 2.45. The number of nitrogens with two attached hydrogens (primary N) is 1. The Hall–Kier alpha value is -0.780. The van der Waals surface area contributed by atoms with E-state index in [-0.39, 0.29) is 11.2 Å². The molecule has 0 spiro atoms. The van der Waals surface area contributed by atoms with E-state index >= 15 is 0 Å². The fraction of sp³-hybridized carbons (Fsp3) is 0.900. The van der Waals surface area contributed by atoms with Gasteiger partial charge in [-0.15, -0.1) is 0 Å². The second-order valence-electron chi connectivity index (χ2n) is 4.70. The first kappa shape index (κ1) is 13.3. The van der Waals surface area contributed by atoms with Gasteiger partial charge in [0.1, 0.15) is 9.84 Å². The van der Waals surface area contributed by atoms with Crippen LogP contribution in [0.1, 0.15) is 26.2 Å². The van der Waals surface area contributed by atoms with Gasteiger partial charge in [0.2, 0.25) is 0 Å². The summed E-state index contributed by atoms with van der Waals surface area (Å²) in [5.74, 6) is 0.645. The molecule has 0 aromatic heterocycles. The number of aliphatic imine (C=N–C) groups is 1. The average molecular weight is 247 g/mol. The predicted molar refractivity (Wildman–Crippen MR) is 66.2 cm³/mol. The molecule has 0 aromatic carbocycles. The van der Waals surface area contributed by atoms with E-state index in [0.717, 1.165) is 25.8 Å². The number of nitrogens with one attached hydrogen (secondary N) is 1. The van der Waals surface area contributed by atoms with Crippen molar-refractivity contribution in [2.24, 2.45) is 16.1 Å². The van der Waals surface area contributed by atoms with E-state index in [1.54, 1.807) is 0 Å². The van der Waals surface area contributed by atoms with E-state index in [1.807, 2.05) is 6.92 Å². The minimum absolute atomic E-state index is 0.133. The molecule has 3 N–H and O–H groups in total.